The first kappa shape index (κ1) is 15.8. The number of carboxylic acids is 1. The normalized spacial score (nSPS) is 10.8. The zero-order valence-electron chi connectivity index (χ0n) is 12.1. The van der Waals surface area contributed by atoms with Crippen molar-refractivity contribution in [3.63, 3.8) is 0 Å². The zero-order valence-corrected chi connectivity index (χ0v) is 12.1. The number of carboxylic acid groups (broad SMARTS) is 1. The van der Waals surface area contributed by atoms with Gasteiger partial charge in [-0.3, -0.25) is 5.32 Å². The molecule has 108 valence electrons. The molecule has 20 heavy (non-hydrogen) atoms. The molecule has 0 bridgehead atoms. The van der Waals surface area contributed by atoms with Crippen LogP contribution in [-0.4, -0.2) is 22.8 Å². The van der Waals surface area contributed by atoms with E-state index in [0.717, 1.165) is 5.56 Å². The molecule has 0 aliphatic heterocycles. The predicted molar refractivity (Wildman–Crippen MR) is 77.7 cm³/mol. The lowest BCUT2D eigenvalue weighted by molar-refractivity contribution is -0.130. The van der Waals surface area contributed by atoms with E-state index < -0.39 is 17.7 Å². The van der Waals surface area contributed by atoms with Crippen molar-refractivity contribution in [1.82, 2.24) is 0 Å². The average molecular weight is 277 g/mol. The quantitative estimate of drug-likeness (QED) is 0.830. The summed E-state index contributed by atoms with van der Waals surface area (Å²) in [6.07, 6.45) is -0.585. The molecule has 5 heteroatoms. The van der Waals surface area contributed by atoms with Crippen LogP contribution in [0.2, 0.25) is 0 Å². The number of nitrogens with one attached hydrogen (secondary N) is 1. The second kappa shape index (κ2) is 5.77. The summed E-state index contributed by atoms with van der Waals surface area (Å²) in [7, 11) is 0. The van der Waals surface area contributed by atoms with Crippen LogP contribution in [0.15, 0.2) is 24.8 Å². The second-order valence-corrected chi connectivity index (χ2v) is 5.44. The van der Waals surface area contributed by atoms with Gasteiger partial charge in [0.25, 0.3) is 0 Å². The number of benzene rings is 1. The summed E-state index contributed by atoms with van der Waals surface area (Å²) in [6, 6.07) is 4.93. The Bertz CT molecular complexity index is 555. The molecule has 0 saturated carbocycles. The molecule has 0 fully saturated rings. The lowest BCUT2D eigenvalue weighted by Gasteiger charge is -2.20. The predicted octanol–water partition coefficient (Wildman–Crippen LogP) is 3.44. The van der Waals surface area contributed by atoms with E-state index in [0.29, 0.717) is 11.3 Å². The van der Waals surface area contributed by atoms with E-state index in [1.54, 1.807) is 45.9 Å². The Hall–Kier alpha value is -2.30. The van der Waals surface area contributed by atoms with Crippen LogP contribution >= 0.6 is 0 Å². The second-order valence-electron chi connectivity index (χ2n) is 5.44. The summed E-state index contributed by atoms with van der Waals surface area (Å²) >= 11 is 0. The number of ether oxygens (including phenoxy) is 1. The molecule has 0 spiro atoms. The fourth-order valence-electron chi connectivity index (χ4n) is 1.48. The maximum Gasteiger partial charge on any atom is 0.412 e. The van der Waals surface area contributed by atoms with Crippen LogP contribution < -0.4 is 5.32 Å². The highest BCUT2D eigenvalue weighted by molar-refractivity contribution is 6.14. The van der Waals surface area contributed by atoms with E-state index in [1.807, 2.05) is 0 Å². The average Bonchev–Trinajstić information content (AvgIpc) is 2.28. The molecule has 1 amide bonds. The Morgan fingerprint density at radius 2 is 1.90 bits per heavy atom. The molecule has 0 saturated heterocycles. The van der Waals surface area contributed by atoms with Crippen LogP contribution in [-0.2, 0) is 9.53 Å². The van der Waals surface area contributed by atoms with Gasteiger partial charge >= 0.3 is 12.1 Å². The van der Waals surface area contributed by atoms with Gasteiger partial charge in [-0.05, 0) is 44.9 Å². The van der Waals surface area contributed by atoms with Crippen molar-refractivity contribution in [2.45, 2.75) is 33.3 Å². The molecule has 0 atom stereocenters. The van der Waals surface area contributed by atoms with Crippen LogP contribution in [0.25, 0.3) is 5.57 Å². The van der Waals surface area contributed by atoms with Crippen molar-refractivity contribution < 1.29 is 19.4 Å². The topological polar surface area (TPSA) is 75.6 Å². The first-order chi connectivity index (χ1) is 9.10. The molecule has 0 radical (unpaired) electrons. The maximum absolute atomic E-state index is 11.7. The number of amides is 1. The Labute approximate surface area is 118 Å². The largest absolute Gasteiger partial charge is 0.478 e. The van der Waals surface area contributed by atoms with Gasteiger partial charge in [0.05, 0.1) is 5.57 Å². The molecule has 0 aromatic heterocycles. The van der Waals surface area contributed by atoms with Crippen molar-refractivity contribution in [2.75, 3.05) is 5.32 Å². The summed E-state index contributed by atoms with van der Waals surface area (Å²) in [4.78, 5) is 22.6. The summed E-state index contributed by atoms with van der Waals surface area (Å²) in [5.74, 6) is -1.10. The number of hydrogen-bond donors (Lipinski definition) is 2. The molecular formula is C15H19NO4. The molecule has 0 aliphatic rings. The Morgan fingerprint density at radius 3 is 2.40 bits per heavy atom. The minimum Gasteiger partial charge on any atom is -0.478 e. The standard InChI is InChI=1S/C15H19NO4/c1-9-6-7-11(10(2)13(17)18)8-12(9)16-14(19)20-15(3,4)5/h6-8H,2H2,1,3-5H3,(H,16,19)(H,17,18). The maximum atomic E-state index is 11.7. The third kappa shape index (κ3) is 4.42. The Balaban J connectivity index is 2.95. The van der Waals surface area contributed by atoms with Crippen molar-refractivity contribution >= 4 is 23.3 Å². The van der Waals surface area contributed by atoms with Crippen molar-refractivity contribution in [2.24, 2.45) is 0 Å². The summed E-state index contributed by atoms with van der Waals surface area (Å²) < 4.78 is 5.16. The van der Waals surface area contributed by atoms with E-state index in [2.05, 4.69) is 11.9 Å². The fraction of sp³-hybridized carbons (Fsp3) is 0.333. The fourth-order valence-corrected chi connectivity index (χ4v) is 1.48. The van der Waals surface area contributed by atoms with Gasteiger partial charge in [0.1, 0.15) is 5.60 Å². The van der Waals surface area contributed by atoms with Gasteiger partial charge in [-0.1, -0.05) is 18.7 Å². The lowest BCUT2D eigenvalue weighted by atomic mass is 10.0. The van der Waals surface area contributed by atoms with Crippen LogP contribution in [0.5, 0.6) is 0 Å². The van der Waals surface area contributed by atoms with E-state index >= 15 is 0 Å². The van der Waals surface area contributed by atoms with Gasteiger partial charge < -0.3 is 9.84 Å². The molecule has 0 heterocycles. The van der Waals surface area contributed by atoms with E-state index in [1.165, 1.54) is 0 Å². The minimum absolute atomic E-state index is 0.0303. The summed E-state index contributed by atoms with van der Waals surface area (Å²) in [6.45, 7) is 10.6. The monoisotopic (exact) mass is 277 g/mol. The van der Waals surface area contributed by atoms with Crippen LogP contribution in [0, 0.1) is 6.92 Å². The summed E-state index contributed by atoms with van der Waals surface area (Å²) in [5, 5.41) is 11.5. The minimum atomic E-state index is -1.10. The van der Waals surface area contributed by atoms with Gasteiger partial charge in [0.15, 0.2) is 0 Å². The number of rotatable bonds is 3. The SMILES string of the molecule is C=C(C(=O)O)c1ccc(C)c(NC(=O)OC(C)(C)C)c1. The highest BCUT2D eigenvalue weighted by Crippen LogP contribution is 2.22. The van der Waals surface area contributed by atoms with Crippen LogP contribution in [0.3, 0.4) is 0 Å². The first-order valence-corrected chi connectivity index (χ1v) is 6.13. The number of anilines is 1. The smallest absolute Gasteiger partial charge is 0.412 e. The number of aryl methyl sites for hydroxylation is 1. The molecule has 0 unspecified atom stereocenters. The lowest BCUT2D eigenvalue weighted by Crippen LogP contribution is -2.27. The molecule has 2 N–H and O–H groups in total. The summed E-state index contributed by atoms with van der Waals surface area (Å²) in [5.41, 5.74) is 1.11. The van der Waals surface area contributed by atoms with Gasteiger partial charge in [-0.2, -0.15) is 0 Å². The van der Waals surface area contributed by atoms with E-state index in [-0.39, 0.29) is 5.57 Å². The van der Waals surface area contributed by atoms with Gasteiger partial charge in [-0.15, -0.1) is 0 Å². The van der Waals surface area contributed by atoms with Crippen molar-refractivity contribution in [1.29, 1.82) is 0 Å². The van der Waals surface area contributed by atoms with Crippen LogP contribution in [0.4, 0.5) is 10.5 Å². The van der Waals surface area contributed by atoms with Crippen molar-refractivity contribution in [3.05, 3.63) is 35.9 Å². The van der Waals surface area contributed by atoms with Gasteiger partial charge in [0, 0.05) is 5.69 Å². The highest BCUT2D eigenvalue weighted by Gasteiger charge is 2.17. The molecule has 1 rings (SSSR count). The molecule has 5 nitrogen and oxygen atoms in total. The zero-order chi connectivity index (χ0) is 15.5. The third-order valence-electron chi connectivity index (χ3n) is 2.48. The Morgan fingerprint density at radius 1 is 1.30 bits per heavy atom. The third-order valence-corrected chi connectivity index (χ3v) is 2.48. The molecule has 1 aromatic carbocycles. The molecular weight excluding hydrogens is 258 g/mol. The van der Waals surface area contributed by atoms with Crippen LogP contribution in [0.1, 0.15) is 31.9 Å². The highest BCUT2D eigenvalue weighted by atomic mass is 16.6. The molecule has 0 aliphatic carbocycles. The van der Waals surface area contributed by atoms with Crippen molar-refractivity contribution in [3.8, 4) is 0 Å². The number of carbonyl (C=O) groups is 2. The Kier molecular flexibility index (Phi) is 4.55. The number of hydrogen-bond acceptors (Lipinski definition) is 3. The molecule has 1 aromatic rings. The van der Waals surface area contributed by atoms with Gasteiger partial charge in [-0.25, -0.2) is 9.59 Å². The van der Waals surface area contributed by atoms with E-state index in [4.69, 9.17) is 9.84 Å². The number of carbonyl (C=O) groups excluding carboxylic acids is 1. The number of aliphatic carboxylic acids is 1. The first-order valence-electron chi connectivity index (χ1n) is 6.13. The van der Waals surface area contributed by atoms with E-state index in [9.17, 15) is 9.59 Å². The van der Waals surface area contributed by atoms with Gasteiger partial charge in [0.2, 0.25) is 0 Å².